The number of anilines is 4. The topological polar surface area (TPSA) is 458 Å². The van der Waals surface area contributed by atoms with E-state index in [0.29, 0.717) is 111 Å². The molecule has 0 aliphatic carbocycles. The summed E-state index contributed by atoms with van der Waals surface area (Å²) < 4.78 is 138. The maximum atomic E-state index is 15.3. The molecule has 1 unspecified atom stereocenters. The first-order valence-corrected chi connectivity index (χ1v) is 57.9. The number of hydrogen-bond acceptors (Lipinski definition) is 28. The Hall–Kier alpha value is -11.2. The predicted octanol–water partition coefficient (Wildman–Crippen LogP) is 21.8. The van der Waals surface area contributed by atoms with Crippen LogP contribution in [0, 0.1) is 18.8 Å². The number of rotatable bonds is 29. The summed E-state index contributed by atoms with van der Waals surface area (Å²) in [7, 11) is -9.60. The lowest BCUT2D eigenvalue weighted by Gasteiger charge is -2.18. The summed E-state index contributed by atoms with van der Waals surface area (Å²) in [5.41, 5.74) is 11.5. The fourth-order valence-electron chi connectivity index (χ4n) is 16.5. The quantitative estimate of drug-likeness (QED) is 0.0118. The zero-order valence-electron chi connectivity index (χ0n) is 79.4. The van der Waals surface area contributed by atoms with Crippen molar-refractivity contribution in [3.8, 4) is 34.2 Å². The molecule has 17 atom stereocenters. The Bertz CT molecular complexity index is 7030. The fourth-order valence-corrected chi connectivity index (χ4v) is 28.2. The van der Waals surface area contributed by atoms with E-state index in [1.54, 1.807) is 21.8 Å². The molecule has 8 aromatic heterocycles. The van der Waals surface area contributed by atoms with Gasteiger partial charge in [0, 0.05) is 54.7 Å². The molecule has 147 heavy (non-hydrogen) atoms. The molecule has 48 heteroatoms. The summed E-state index contributed by atoms with van der Waals surface area (Å²) in [6.07, 6.45) is -8.63. The Kier molecular flexibility index (Phi) is 37.4. The molecule has 0 saturated carbocycles. The zero-order chi connectivity index (χ0) is 104. The van der Waals surface area contributed by atoms with Crippen LogP contribution in [-0.2, 0) is 67.9 Å². The van der Waals surface area contributed by atoms with Crippen LogP contribution in [0.3, 0.4) is 0 Å². The van der Waals surface area contributed by atoms with Gasteiger partial charge < -0.3 is 74.7 Å². The number of aliphatic hydroxyl groups excluding tert-OH is 3. The van der Waals surface area contributed by atoms with E-state index >= 15 is 8.78 Å². The molecule has 4 fully saturated rings. The number of aliphatic hydroxyl groups is 3. The number of benzene rings is 8. The molecule has 4 aliphatic heterocycles. The van der Waals surface area contributed by atoms with E-state index < -0.39 is 126 Å². The van der Waals surface area contributed by atoms with Crippen LogP contribution in [0.2, 0.25) is 5.28 Å². The Balaban J connectivity index is 0.000000140. The molecule has 0 bridgehead atoms. The van der Waals surface area contributed by atoms with E-state index in [1.807, 2.05) is 246 Å². The van der Waals surface area contributed by atoms with Gasteiger partial charge in [0.05, 0.1) is 50.7 Å². The summed E-state index contributed by atoms with van der Waals surface area (Å²) in [4.78, 5) is 82.0. The highest BCUT2D eigenvalue weighted by molar-refractivity contribution is 8.21. The Morgan fingerprint density at radius 3 is 0.912 bits per heavy atom. The molecule has 0 spiro atoms. The van der Waals surface area contributed by atoms with Crippen LogP contribution < -0.4 is 21.3 Å². The number of aromatic nitrogens is 16. The summed E-state index contributed by atoms with van der Waals surface area (Å²) in [5, 5.41) is 43.2. The molecule has 10 N–H and O–H groups in total. The minimum atomic E-state index is -4.86. The largest absolute Gasteiger partial charge is 0.394 e. The van der Waals surface area contributed by atoms with Crippen molar-refractivity contribution < 1.29 is 89.3 Å². The smallest absolute Gasteiger partial charge is 0.340 e. The van der Waals surface area contributed by atoms with Crippen molar-refractivity contribution in [2.45, 2.75) is 160 Å². The zero-order valence-corrected chi connectivity index (χ0v) is 86.8. The number of nitrogens with zero attached hydrogens (tertiary/aromatic N) is 16. The molecule has 35 nitrogen and oxygen atoms in total. The number of alkyl halides is 4. The number of hydrogen-bond donors (Lipinski definition) is 10. The third kappa shape index (κ3) is 28.5. The van der Waals surface area contributed by atoms with Crippen molar-refractivity contribution in [1.29, 1.82) is 0 Å². The highest BCUT2D eigenvalue weighted by atomic mass is 35.9. The molecule has 4 aliphatic rings. The Morgan fingerprint density at radius 1 is 0.374 bits per heavy atom. The van der Waals surface area contributed by atoms with E-state index in [0.717, 1.165) is 46.2 Å². The van der Waals surface area contributed by atoms with E-state index in [4.69, 9.17) is 99.8 Å². The second kappa shape index (κ2) is 50.0. The highest BCUT2D eigenvalue weighted by Crippen LogP contribution is 2.72. The first kappa shape index (κ1) is 110. The van der Waals surface area contributed by atoms with Crippen molar-refractivity contribution in [2.24, 2.45) is 11.8 Å². The number of ether oxygens (including phenoxy) is 4. The lowest BCUT2D eigenvalue weighted by molar-refractivity contribution is -0.0459. The summed E-state index contributed by atoms with van der Waals surface area (Å²) in [6, 6.07) is 78.1. The van der Waals surface area contributed by atoms with E-state index in [2.05, 4.69) is 102 Å². The molecule has 8 aromatic carbocycles. The lowest BCUT2D eigenvalue weighted by Crippen LogP contribution is -2.31. The minimum absolute atomic E-state index is 0.0771. The monoisotopic (exact) mass is 2190 g/mol. The van der Waals surface area contributed by atoms with E-state index in [1.165, 1.54) is 27.4 Å². The van der Waals surface area contributed by atoms with Crippen LogP contribution in [0.25, 0.3) is 78.8 Å². The van der Waals surface area contributed by atoms with Crippen molar-refractivity contribution in [3.63, 3.8) is 0 Å². The molecule has 4 saturated heterocycles. The van der Waals surface area contributed by atoms with Gasteiger partial charge in [0.15, 0.2) is 141 Å². The molecule has 20 rings (SSSR count). The standard InChI is InChI=1S/C25H26FN5O.C24H26FN5O8P2.C23H22FN5O3.C19H21ClFN5O.C7H8.CH2Cl4O2P2/c1-3-19-16(2)20(26)25(32-19)31-15-28-21-23(27-14-17-10-6-4-7-11-17)29-22(30-24(21)31)18-12-8-5-9-13-18;25-18-20(31)17(12-37-40(35,36)14-39(32,33)34)38-24(18)30-13-27-19-22(26-11-15-7-3-1-4-8-15)28-21(29-23(19)30)16-9-5-2-6-10-16;24-17-19(31)16(12-30)32-23(17)29-13-26-18-21(25-11-14-7-3-1-4-8-14)27-20(28-22(18)29)15-9-5-2-6-10-15;1-3-13-11(2)14(21)18(27-13)26-10-23-15-16(24-19(20)25-17(15)26)22-9-12-7-5-4-6-8-12;1-7-5-3-2-4-6-7;2-8(3,6)1-9(4,5)7/h4-13,15-16,19-20,25H,3,14H2,1-2H3,(H,27,29,30);1-10,13,17-18,20,24,31H,11-12,14H2,(H,35,36)(H,26,28,29)(H2,32,33,34);1-10,13,16-17,19,23,30-31H,11-12H2,(H,25,27,28);4-8,10-11,13-14,18H,3,9H2,1-2H3,(H,22,24,25);2-6H,1H3;1H2/t16-,19-,20+,25-;17-,18+,20-,24-;16-,17+,19-,23-;11-,13-,14+,18-;;/m1111../s1. The molecular formula is C99H105Cl5F4N20O15P4. The molecule has 16 aromatic rings. The third-order valence-electron chi connectivity index (χ3n) is 24.1. The second-order valence-corrected chi connectivity index (χ2v) is 50.0. The van der Waals surface area contributed by atoms with Crippen LogP contribution in [0.15, 0.2) is 268 Å². The van der Waals surface area contributed by atoms with Crippen LogP contribution in [0.5, 0.6) is 0 Å². The minimum Gasteiger partial charge on any atom is -0.394 e. The van der Waals surface area contributed by atoms with Crippen LogP contribution >= 0.6 is 83.5 Å². The van der Waals surface area contributed by atoms with Gasteiger partial charge in [0.25, 0.3) is 11.7 Å². The van der Waals surface area contributed by atoms with E-state index in [-0.39, 0.29) is 35.0 Å². The van der Waals surface area contributed by atoms with Gasteiger partial charge in [0.1, 0.15) is 30.3 Å². The first-order valence-electron chi connectivity index (χ1n) is 46.6. The summed E-state index contributed by atoms with van der Waals surface area (Å²) in [6.45, 7) is 10.7. The van der Waals surface area contributed by atoms with Gasteiger partial charge in [-0.2, -0.15) is 9.97 Å². The first-order chi connectivity index (χ1) is 70.5. The van der Waals surface area contributed by atoms with Crippen LogP contribution in [0.4, 0.5) is 40.8 Å². The maximum Gasteiger partial charge on any atom is 0.340 e. The Morgan fingerprint density at radius 2 is 0.646 bits per heavy atom. The van der Waals surface area contributed by atoms with Gasteiger partial charge in [0.2, 0.25) is 5.28 Å². The van der Waals surface area contributed by atoms with E-state index in [9.17, 15) is 47.3 Å². The Labute approximate surface area is 866 Å². The normalized spacial score (nSPS) is 22.1. The molecular weight excluding hydrogens is 2090 g/mol. The van der Waals surface area contributed by atoms with Gasteiger partial charge in [-0.1, -0.05) is 276 Å². The van der Waals surface area contributed by atoms with Gasteiger partial charge in [-0.25, -0.2) is 67.4 Å². The van der Waals surface area contributed by atoms with Crippen molar-refractivity contribution in [2.75, 3.05) is 46.3 Å². The van der Waals surface area contributed by atoms with Gasteiger partial charge in [-0.05, 0) is 98.6 Å². The number of fused-ring (bicyclic) bond motifs is 4. The average molecular weight is 2190 g/mol. The average Bonchev–Trinajstić information content (AvgIpc) is 1.63. The predicted molar refractivity (Wildman–Crippen MR) is 558 cm³/mol. The molecule has 0 amide bonds. The van der Waals surface area contributed by atoms with Crippen molar-refractivity contribution in [1.82, 2.24) is 78.1 Å². The van der Waals surface area contributed by atoms with Gasteiger partial charge >= 0.3 is 15.2 Å². The van der Waals surface area contributed by atoms with Crippen LogP contribution in [0.1, 0.15) is 93.3 Å². The van der Waals surface area contributed by atoms with Crippen molar-refractivity contribution in [3.05, 3.63) is 301 Å². The summed E-state index contributed by atoms with van der Waals surface area (Å²) >= 11 is 26.1. The SMILES string of the molecule is CC[C@H]1O[C@@H](n2cnc3c(NCc4ccccc4)nc(-c4ccccc4)nc32)[C@@H](F)[C@@H]1C.CC[C@H]1O[C@@H](n2cnc3c(NCc4ccccc4)nc(Cl)nc32)[C@@H](F)[C@@H]1C.Cc1ccccc1.O=P(Cl)(Cl)CP(=O)(Cl)Cl.O=P(O)(O)CP(=O)(O)OC[C@H]1O[C@@H](n2cnc3c(NCc4ccccc4)nc(-c4ccccc4)nc32)[C@@H](F)[C@@H]1O.OC[C@H]1O[C@@H](n2cnc3c(NCc4ccccc4)nc(-c4ccccc4)nc32)[C@@H](F)[C@@H]1O. The van der Waals surface area contributed by atoms with Crippen molar-refractivity contribution >= 4 is 151 Å². The van der Waals surface area contributed by atoms with Gasteiger partial charge in [-0.15, -0.1) is 0 Å². The highest BCUT2D eigenvalue weighted by Gasteiger charge is 2.50. The number of nitrogens with one attached hydrogen (secondary N) is 4. The second-order valence-electron chi connectivity index (χ2n) is 34.7. The molecule has 12 heterocycles. The van der Waals surface area contributed by atoms with Crippen LogP contribution in [-0.4, -0.2) is 194 Å². The number of imidazole rings is 4. The third-order valence-corrected chi connectivity index (χ3v) is 34.2. The molecule has 0 radical (unpaired) electrons. The molecule has 774 valence electrons. The number of halogens is 9. The number of aryl methyl sites for hydroxylation is 1. The van der Waals surface area contributed by atoms with Gasteiger partial charge in [-0.3, -0.25) is 36.5 Å². The summed E-state index contributed by atoms with van der Waals surface area (Å²) in [5.74, 6) is -5.71. The lowest BCUT2D eigenvalue weighted by atomic mass is 10.00. The maximum absolute atomic E-state index is 15.3. The fraction of sp³-hybridized carbons (Fsp3) is 0.313.